The maximum Gasteiger partial charge on any atom is 0.332 e. The van der Waals surface area contributed by atoms with Crippen molar-refractivity contribution in [2.45, 2.75) is 25.0 Å². The van der Waals surface area contributed by atoms with Gasteiger partial charge in [0.2, 0.25) is 0 Å². The van der Waals surface area contributed by atoms with E-state index in [1.165, 1.54) is 7.11 Å². The minimum atomic E-state index is -1.23. The number of hydrogen-bond donors (Lipinski definition) is 1. The van der Waals surface area contributed by atoms with Crippen molar-refractivity contribution < 1.29 is 14.6 Å². The molecule has 0 aliphatic heterocycles. The molecule has 0 aromatic heterocycles. The van der Waals surface area contributed by atoms with Crippen LogP contribution in [0.2, 0.25) is 5.02 Å². The highest BCUT2D eigenvalue weighted by atomic mass is 35.5. The minimum Gasteiger partial charge on any atom is -0.480 e. The molecule has 0 amide bonds. The lowest BCUT2D eigenvalue weighted by Crippen LogP contribution is -2.18. The molecule has 5 nitrogen and oxygen atoms in total. The molecule has 0 fully saturated rings. The summed E-state index contributed by atoms with van der Waals surface area (Å²) in [6.45, 7) is 0. The fraction of sp³-hybridized carbons (Fsp3) is 0.417. The molecular formula is C12H14ClNO4. The van der Waals surface area contributed by atoms with Crippen LogP contribution < -0.4 is 0 Å². The number of carbonyl (C=O) groups is 1. The van der Waals surface area contributed by atoms with Gasteiger partial charge >= 0.3 is 5.97 Å². The first-order valence-corrected chi connectivity index (χ1v) is 5.79. The Morgan fingerprint density at radius 1 is 1.39 bits per heavy atom. The Morgan fingerprint density at radius 3 is 2.44 bits per heavy atom. The lowest BCUT2D eigenvalue weighted by atomic mass is 10.0. The van der Waals surface area contributed by atoms with Gasteiger partial charge in [0, 0.05) is 12.1 Å². The summed E-state index contributed by atoms with van der Waals surface area (Å²) in [6, 6.07) is 5.85. The Labute approximate surface area is 110 Å². The van der Waals surface area contributed by atoms with Crippen LogP contribution in [-0.4, -0.2) is 24.2 Å². The van der Waals surface area contributed by atoms with Gasteiger partial charge in [-0.05, 0) is 30.5 Å². The fourth-order valence-corrected chi connectivity index (χ4v) is 1.75. The van der Waals surface area contributed by atoms with Gasteiger partial charge in [-0.3, -0.25) is 0 Å². The van der Waals surface area contributed by atoms with Crippen LogP contribution in [-0.2, 0) is 9.53 Å². The Kier molecular flexibility index (Phi) is 5.74. The quantitative estimate of drug-likeness (QED) is 0.774. The lowest BCUT2D eigenvalue weighted by molar-refractivity contribution is -0.138. The van der Waals surface area contributed by atoms with E-state index in [-0.39, 0.29) is 12.5 Å². The van der Waals surface area contributed by atoms with Crippen molar-refractivity contribution in [2.24, 2.45) is 5.18 Å². The first-order valence-electron chi connectivity index (χ1n) is 5.42. The normalized spacial score (nSPS) is 13.9. The van der Waals surface area contributed by atoms with Crippen molar-refractivity contribution >= 4 is 17.6 Å². The summed E-state index contributed by atoms with van der Waals surface area (Å²) in [5.41, 5.74) is 0.886. The summed E-state index contributed by atoms with van der Waals surface area (Å²) < 4.78 is 5.27. The number of carboxylic acids is 1. The van der Waals surface area contributed by atoms with Gasteiger partial charge in [0.15, 0.2) is 6.04 Å². The topological polar surface area (TPSA) is 76.0 Å². The molecule has 0 bridgehead atoms. The number of aliphatic carboxylic acids is 1. The van der Waals surface area contributed by atoms with Gasteiger partial charge in [0.25, 0.3) is 0 Å². The summed E-state index contributed by atoms with van der Waals surface area (Å²) in [7, 11) is 1.53. The van der Waals surface area contributed by atoms with Crippen LogP contribution in [0, 0.1) is 4.91 Å². The van der Waals surface area contributed by atoms with E-state index in [4.69, 9.17) is 21.4 Å². The zero-order valence-corrected chi connectivity index (χ0v) is 10.6. The number of nitroso groups, excluding NO2 is 1. The highest BCUT2D eigenvalue weighted by molar-refractivity contribution is 6.30. The van der Waals surface area contributed by atoms with Crippen molar-refractivity contribution in [1.82, 2.24) is 0 Å². The number of rotatable bonds is 7. The molecule has 0 radical (unpaired) electrons. The van der Waals surface area contributed by atoms with E-state index in [0.29, 0.717) is 11.4 Å². The van der Waals surface area contributed by atoms with Gasteiger partial charge in [-0.2, -0.15) is 0 Å². The number of halogens is 1. The molecule has 1 N–H and O–H groups in total. The Morgan fingerprint density at radius 2 is 2.00 bits per heavy atom. The Balaban J connectivity index is 2.64. The van der Waals surface area contributed by atoms with Crippen LogP contribution in [0.1, 0.15) is 24.5 Å². The molecule has 18 heavy (non-hydrogen) atoms. The summed E-state index contributed by atoms with van der Waals surface area (Å²) in [5.74, 6) is -1.21. The van der Waals surface area contributed by atoms with Crippen LogP contribution in [0.5, 0.6) is 0 Å². The van der Waals surface area contributed by atoms with Crippen molar-refractivity contribution in [3.05, 3.63) is 39.8 Å². The lowest BCUT2D eigenvalue weighted by Gasteiger charge is -2.16. The van der Waals surface area contributed by atoms with E-state index in [0.717, 1.165) is 5.56 Å². The van der Waals surface area contributed by atoms with Crippen molar-refractivity contribution in [3.8, 4) is 0 Å². The summed E-state index contributed by atoms with van der Waals surface area (Å²) in [5, 5.41) is 11.9. The number of nitrogens with zero attached hydrogens (tertiary/aromatic N) is 1. The summed E-state index contributed by atoms with van der Waals surface area (Å²) >= 11 is 5.78. The third-order valence-electron chi connectivity index (χ3n) is 2.64. The second-order valence-electron chi connectivity index (χ2n) is 3.81. The van der Waals surface area contributed by atoms with Gasteiger partial charge < -0.3 is 9.84 Å². The monoisotopic (exact) mass is 271 g/mol. The summed E-state index contributed by atoms with van der Waals surface area (Å²) in [6.07, 6.45) is 0.270. The third-order valence-corrected chi connectivity index (χ3v) is 2.89. The van der Waals surface area contributed by atoms with Gasteiger partial charge in [-0.1, -0.05) is 28.9 Å². The van der Waals surface area contributed by atoms with E-state index in [1.54, 1.807) is 24.3 Å². The molecule has 0 heterocycles. The predicted octanol–water partition coefficient (Wildman–Crippen LogP) is 3.03. The maximum absolute atomic E-state index is 10.7. The van der Waals surface area contributed by atoms with E-state index in [2.05, 4.69) is 5.18 Å². The highest BCUT2D eigenvalue weighted by Crippen LogP contribution is 2.24. The SMILES string of the molecule is COC(CCC(N=O)C(=O)O)c1ccc(Cl)cc1. The highest BCUT2D eigenvalue weighted by Gasteiger charge is 2.20. The van der Waals surface area contributed by atoms with Crippen molar-refractivity contribution in [1.29, 1.82) is 0 Å². The van der Waals surface area contributed by atoms with E-state index in [9.17, 15) is 9.70 Å². The molecule has 1 aromatic carbocycles. The number of benzene rings is 1. The Hall–Kier alpha value is -1.46. The molecule has 1 rings (SSSR count). The molecule has 6 heteroatoms. The second kappa shape index (κ2) is 7.08. The average Bonchev–Trinajstić information content (AvgIpc) is 2.36. The number of hydrogen-bond acceptors (Lipinski definition) is 4. The molecule has 0 aliphatic rings. The first-order chi connectivity index (χ1) is 8.58. The average molecular weight is 272 g/mol. The van der Waals surface area contributed by atoms with Gasteiger partial charge in [-0.15, -0.1) is 4.91 Å². The molecule has 2 atom stereocenters. The maximum atomic E-state index is 10.7. The second-order valence-corrected chi connectivity index (χ2v) is 4.25. The third kappa shape index (κ3) is 4.09. The molecule has 0 aliphatic carbocycles. The van der Waals surface area contributed by atoms with Gasteiger partial charge in [0.1, 0.15) is 0 Å². The van der Waals surface area contributed by atoms with Gasteiger partial charge in [-0.25, -0.2) is 4.79 Å². The van der Waals surface area contributed by atoms with E-state index < -0.39 is 12.0 Å². The Bertz CT molecular complexity index is 407. The smallest absolute Gasteiger partial charge is 0.332 e. The van der Waals surface area contributed by atoms with Crippen molar-refractivity contribution in [3.63, 3.8) is 0 Å². The minimum absolute atomic E-state index is 0.139. The molecule has 0 saturated carbocycles. The van der Waals surface area contributed by atoms with Crippen LogP contribution in [0.4, 0.5) is 0 Å². The molecule has 0 spiro atoms. The van der Waals surface area contributed by atoms with Gasteiger partial charge in [0.05, 0.1) is 6.10 Å². The number of ether oxygens (including phenoxy) is 1. The zero-order valence-electron chi connectivity index (χ0n) is 9.88. The fourth-order valence-electron chi connectivity index (χ4n) is 1.63. The van der Waals surface area contributed by atoms with Crippen LogP contribution in [0.3, 0.4) is 0 Å². The van der Waals surface area contributed by atoms with Crippen LogP contribution >= 0.6 is 11.6 Å². The van der Waals surface area contributed by atoms with Crippen LogP contribution in [0.25, 0.3) is 0 Å². The predicted molar refractivity (Wildman–Crippen MR) is 67.7 cm³/mol. The molecule has 98 valence electrons. The van der Waals surface area contributed by atoms with E-state index >= 15 is 0 Å². The van der Waals surface area contributed by atoms with Crippen LogP contribution in [0.15, 0.2) is 29.4 Å². The summed E-state index contributed by atoms with van der Waals surface area (Å²) in [4.78, 5) is 21.0. The molecule has 2 unspecified atom stereocenters. The largest absolute Gasteiger partial charge is 0.480 e. The van der Waals surface area contributed by atoms with E-state index in [1.807, 2.05) is 0 Å². The standard InChI is InChI=1S/C12H14ClNO4/c1-18-11(7-6-10(14-17)12(15)16)8-2-4-9(13)5-3-8/h2-5,10-11H,6-7H2,1H3,(H,15,16). The number of carboxylic acid groups (broad SMARTS) is 1. The molecular weight excluding hydrogens is 258 g/mol. The van der Waals surface area contributed by atoms with Crippen molar-refractivity contribution in [2.75, 3.05) is 7.11 Å². The molecule has 1 aromatic rings. The first kappa shape index (κ1) is 14.6. The zero-order chi connectivity index (χ0) is 13.5. The number of methoxy groups -OCH3 is 1. The molecule has 0 saturated heterocycles.